The van der Waals surface area contributed by atoms with Crippen LogP contribution < -0.4 is 16.0 Å². The van der Waals surface area contributed by atoms with Crippen molar-refractivity contribution in [3.63, 3.8) is 0 Å². The second-order valence-electron chi connectivity index (χ2n) is 5.34. The van der Waals surface area contributed by atoms with E-state index in [2.05, 4.69) is 30.9 Å². The molecule has 0 unspecified atom stereocenters. The van der Waals surface area contributed by atoms with Crippen molar-refractivity contribution in [2.75, 3.05) is 16.0 Å². The van der Waals surface area contributed by atoms with Crippen molar-refractivity contribution in [3.05, 3.63) is 64.5 Å². The summed E-state index contributed by atoms with van der Waals surface area (Å²) >= 11 is 11.9. The van der Waals surface area contributed by atoms with Gasteiger partial charge in [-0.15, -0.1) is 0 Å². The monoisotopic (exact) mass is 387 g/mol. The van der Waals surface area contributed by atoms with E-state index >= 15 is 0 Å². The molecule has 2 heterocycles. The fourth-order valence-electron chi connectivity index (χ4n) is 2.13. The minimum Gasteiger partial charge on any atom is -0.339 e. The molecule has 0 bridgehead atoms. The Hall–Kier alpha value is -2.90. The topological polar surface area (TPSA) is 98.6 Å². The van der Waals surface area contributed by atoms with Gasteiger partial charge in [0.2, 0.25) is 5.95 Å². The number of anilines is 4. The number of halogens is 2. The SMILES string of the molecule is Cc1cc(Nc2cccnc2)nc(NC(=N)Nc2ccc(Cl)c(Cl)c2)n1. The Balaban J connectivity index is 1.70. The first kappa shape index (κ1) is 17.9. The standard InChI is InChI=1S/C17H15Cl2N7/c1-10-7-15(23-12-3-2-6-21-9-12)25-17(22-10)26-16(20)24-11-4-5-13(18)14(19)8-11/h2-9H,1H3,(H4,20,22,23,24,25,26). The first-order chi connectivity index (χ1) is 12.5. The van der Waals surface area contributed by atoms with Gasteiger partial charge < -0.3 is 10.6 Å². The van der Waals surface area contributed by atoms with Gasteiger partial charge >= 0.3 is 0 Å². The average molecular weight is 388 g/mol. The Morgan fingerprint density at radius 1 is 1.00 bits per heavy atom. The molecule has 0 atom stereocenters. The van der Waals surface area contributed by atoms with Gasteiger partial charge in [-0.05, 0) is 37.3 Å². The summed E-state index contributed by atoms with van der Waals surface area (Å²) in [6.07, 6.45) is 3.39. The Morgan fingerprint density at radius 3 is 2.58 bits per heavy atom. The Bertz CT molecular complexity index is 932. The zero-order valence-corrected chi connectivity index (χ0v) is 15.2. The second-order valence-corrected chi connectivity index (χ2v) is 6.15. The molecule has 132 valence electrons. The van der Waals surface area contributed by atoms with Gasteiger partial charge in [-0.25, -0.2) is 4.98 Å². The molecule has 0 spiro atoms. The van der Waals surface area contributed by atoms with Gasteiger partial charge in [0.05, 0.1) is 21.9 Å². The number of aryl methyl sites for hydroxylation is 1. The molecule has 26 heavy (non-hydrogen) atoms. The van der Waals surface area contributed by atoms with Crippen molar-refractivity contribution in [1.29, 1.82) is 5.41 Å². The number of hydrogen-bond donors (Lipinski definition) is 4. The fraction of sp³-hybridized carbons (Fsp3) is 0.0588. The van der Waals surface area contributed by atoms with Crippen LogP contribution >= 0.6 is 23.2 Å². The largest absolute Gasteiger partial charge is 0.339 e. The van der Waals surface area contributed by atoms with E-state index in [1.807, 2.05) is 19.1 Å². The molecule has 0 saturated heterocycles. The molecule has 0 amide bonds. The third-order valence-corrected chi connectivity index (χ3v) is 3.95. The normalized spacial score (nSPS) is 10.3. The molecular formula is C17H15Cl2N7. The molecule has 0 radical (unpaired) electrons. The molecule has 3 aromatic rings. The maximum absolute atomic E-state index is 8.04. The van der Waals surface area contributed by atoms with Gasteiger partial charge in [0, 0.05) is 23.6 Å². The van der Waals surface area contributed by atoms with E-state index in [0.717, 1.165) is 11.4 Å². The number of rotatable bonds is 4. The summed E-state index contributed by atoms with van der Waals surface area (Å²) in [5, 5.41) is 17.7. The van der Waals surface area contributed by atoms with Crippen molar-refractivity contribution in [2.45, 2.75) is 6.92 Å². The summed E-state index contributed by atoms with van der Waals surface area (Å²) in [4.78, 5) is 12.7. The lowest BCUT2D eigenvalue weighted by Crippen LogP contribution is -2.22. The second kappa shape index (κ2) is 7.99. The van der Waals surface area contributed by atoms with Crippen molar-refractivity contribution < 1.29 is 0 Å². The van der Waals surface area contributed by atoms with Crippen LogP contribution in [0.2, 0.25) is 10.0 Å². The summed E-state index contributed by atoms with van der Waals surface area (Å²) in [6.45, 7) is 1.84. The Labute approximate surface area is 160 Å². The van der Waals surface area contributed by atoms with E-state index in [1.54, 1.807) is 36.7 Å². The predicted molar refractivity (Wildman–Crippen MR) is 106 cm³/mol. The Morgan fingerprint density at radius 2 is 1.85 bits per heavy atom. The zero-order valence-electron chi connectivity index (χ0n) is 13.7. The first-order valence-electron chi connectivity index (χ1n) is 7.60. The van der Waals surface area contributed by atoms with Crippen LogP contribution in [-0.4, -0.2) is 20.9 Å². The van der Waals surface area contributed by atoms with E-state index < -0.39 is 0 Å². The van der Waals surface area contributed by atoms with Crippen LogP contribution in [0.4, 0.5) is 23.1 Å². The fourth-order valence-corrected chi connectivity index (χ4v) is 2.43. The molecule has 0 saturated carbocycles. The molecule has 7 nitrogen and oxygen atoms in total. The van der Waals surface area contributed by atoms with Crippen molar-refractivity contribution in [3.8, 4) is 0 Å². The number of nitrogens with zero attached hydrogens (tertiary/aromatic N) is 3. The van der Waals surface area contributed by atoms with Crippen LogP contribution in [0.5, 0.6) is 0 Å². The molecule has 4 N–H and O–H groups in total. The van der Waals surface area contributed by atoms with Gasteiger partial charge in [0.1, 0.15) is 5.82 Å². The van der Waals surface area contributed by atoms with E-state index in [0.29, 0.717) is 21.6 Å². The minimum atomic E-state index is 0.00122. The molecular weight excluding hydrogens is 373 g/mol. The van der Waals surface area contributed by atoms with Gasteiger partial charge in [-0.1, -0.05) is 23.2 Å². The molecule has 0 aliphatic carbocycles. The molecule has 2 aromatic heterocycles. The first-order valence-corrected chi connectivity index (χ1v) is 8.35. The summed E-state index contributed by atoms with van der Waals surface area (Å²) in [7, 11) is 0. The van der Waals surface area contributed by atoms with Crippen LogP contribution in [0.3, 0.4) is 0 Å². The summed E-state index contributed by atoms with van der Waals surface area (Å²) in [6, 6.07) is 10.5. The van der Waals surface area contributed by atoms with E-state index in [1.165, 1.54) is 0 Å². The van der Waals surface area contributed by atoms with Crippen LogP contribution in [0.15, 0.2) is 48.8 Å². The molecule has 9 heteroatoms. The number of nitrogens with one attached hydrogen (secondary N) is 4. The molecule has 1 aromatic carbocycles. The van der Waals surface area contributed by atoms with Gasteiger partial charge in [-0.2, -0.15) is 4.98 Å². The third kappa shape index (κ3) is 4.81. The summed E-state index contributed by atoms with van der Waals surface area (Å²) < 4.78 is 0. The number of pyridine rings is 1. The number of benzene rings is 1. The highest BCUT2D eigenvalue weighted by molar-refractivity contribution is 6.42. The maximum atomic E-state index is 8.04. The van der Waals surface area contributed by atoms with E-state index in [9.17, 15) is 0 Å². The van der Waals surface area contributed by atoms with E-state index in [4.69, 9.17) is 28.6 Å². The molecule has 0 aliphatic heterocycles. The molecule has 0 aliphatic rings. The lowest BCUT2D eigenvalue weighted by molar-refractivity contribution is 1.11. The summed E-state index contributed by atoms with van der Waals surface area (Å²) in [5.41, 5.74) is 2.18. The molecule has 3 rings (SSSR count). The molecule has 0 fully saturated rings. The van der Waals surface area contributed by atoms with E-state index in [-0.39, 0.29) is 11.9 Å². The van der Waals surface area contributed by atoms with Crippen molar-refractivity contribution in [1.82, 2.24) is 15.0 Å². The van der Waals surface area contributed by atoms with Gasteiger partial charge in [0.15, 0.2) is 5.96 Å². The lowest BCUT2D eigenvalue weighted by atomic mass is 10.3. The highest BCUT2D eigenvalue weighted by atomic mass is 35.5. The number of hydrogen-bond acceptors (Lipinski definition) is 5. The number of guanidine groups is 1. The Kier molecular flexibility index (Phi) is 5.50. The predicted octanol–water partition coefficient (Wildman–Crippen LogP) is 4.69. The minimum absolute atomic E-state index is 0.00122. The van der Waals surface area contributed by atoms with Crippen molar-refractivity contribution in [2.24, 2.45) is 0 Å². The highest BCUT2D eigenvalue weighted by Gasteiger charge is 2.07. The van der Waals surface area contributed by atoms with Crippen LogP contribution in [0, 0.1) is 12.3 Å². The summed E-state index contributed by atoms with van der Waals surface area (Å²) in [5.74, 6) is 0.880. The van der Waals surface area contributed by atoms with Crippen LogP contribution in [0.25, 0.3) is 0 Å². The lowest BCUT2D eigenvalue weighted by Gasteiger charge is -2.12. The van der Waals surface area contributed by atoms with Crippen LogP contribution in [0.1, 0.15) is 5.69 Å². The number of aromatic nitrogens is 3. The zero-order chi connectivity index (χ0) is 18.5. The third-order valence-electron chi connectivity index (χ3n) is 3.21. The van der Waals surface area contributed by atoms with Crippen molar-refractivity contribution >= 4 is 52.3 Å². The average Bonchev–Trinajstić information content (AvgIpc) is 2.58. The smallest absolute Gasteiger partial charge is 0.231 e. The van der Waals surface area contributed by atoms with Gasteiger partial charge in [-0.3, -0.25) is 15.7 Å². The maximum Gasteiger partial charge on any atom is 0.231 e. The highest BCUT2D eigenvalue weighted by Crippen LogP contribution is 2.25. The van der Waals surface area contributed by atoms with Crippen LogP contribution in [-0.2, 0) is 0 Å². The quantitative estimate of drug-likeness (QED) is 0.382. The van der Waals surface area contributed by atoms with Gasteiger partial charge in [0.25, 0.3) is 0 Å².